The molecule has 0 saturated carbocycles. The summed E-state index contributed by atoms with van der Waals surface area (Å²) >= 11 is 0. The molecule has 1 fully saturated rings. The van der Waals surface area contributed by atoms with Gasteiger partial charge in [-0.2, -0.15) is 0 Å². The molecule has 1 aromatic rings. The minimum Gasteiger partial charge on any atom is -0.497 e. The van der Waals surface area contributed by atoms with Crippen LogP contribution in [0, 0.1) is 0 Å². The van der Waals surface area contributed by atoms with E-state index in [2.05, 4.69) is 21.9 Å². The summed E-state index contributed by atoms with van der Waals surface area (Å²) in [5.41, 5.74) is 1.21. The topological polar surface area (TPSA) is 35.9 Å². The van der Waals surface area contributed by atoms with Gasteiger partial charge in [0.05, 0.1) is 13.2 Å². The first-order chi connectivity index (χ1) is 8.69. The van der Waals surface area contributed by atoms with Gasteiger partial charge >= 0.3 is 0 Å². The number of hydrogen-bond donors (Lipinski definition) is 1. The summed E-state index contributed by atoms with van der Waals surface area (Å²) in [4.78, 5) is 4.67. The maximum Gasteiger partial charge on any atom is 0.120 e. The Balaban J connectivity index is 1.92. The summed E-state index contributed by atoms with van der Waals surface area (Å²) < 4.78 is 5.25. The Morgan fingerprint density at radius 2 is 2.00 bits per heavy atom. The molecule has 0 aliphatic carbocycles. The average molecular weight is 250 g/mol. The fourth-order valence-electron chi connectivity index (χ4n) is 2.37. The molecule has 0 aromatic heterocycles. The molecule has 0 amide bonds. The molecule has 0 unspecified atom stereocenters. The SMILES string of the molecule is COc1cccc(N2CCN(C[C@H](C)O)CC2)c1. The number of aliphatic hydroxyl groups is 1. The summed E-state index contributed by atoms with van der Waals surface area (Å²) in [6.07, 6.45) is -0.242. The smallest absolute Gasteiger partial charge is 0.120 e. The summed E-state index contributed by atoms with van der Waals surface area (Å²) in [7, 11) is 1.69. The Morgan fingerprint density at radius 3 is 2.61 bits per heavy atom. The van der Waals surface area contributed by atoms with Gasteiger partial charge in [0.15, 0.2) is 0 Å². The highest BCUT2D eigenvalue weighted by Gasteiger charge is 2.18. The van der Waals surface area contributed by atoms with Crippen molar-refractivity contribution in [3.05, 3.63) is 24.3 Å². The lowest BCUT2D eigenvalue weighted by molar-refractivity contribution is 0.122. The molecule has 4 heteroatoms. The van der Waals surface area contributed by atoms with E-state index in [4.69, 9.17) is 4.74 Å². The van der Waals surface area contributed by atoms with Gasteiger partial charge in [-0.1, -0.05) is 6.07 Å². The number of ether oxygens (including phenoxy) is 1. The number of benzene rings is 1. The molecule has 1 aliphatic rings. The monoisotopic (exact) mass is 250 g/mol. The number of aliphatic hydroxyl groups excluding tert-OH is 1. The summed E-state index contributed by atoms with van der Waals surface area (Å²) in [6, 6.07) is 8.18. The van der Waals surface area contributed by atoms with Crippen molar-refractivity contribution in [2.45, 2.75) is 13.0 Å². The van der Waals surface area contributed by atoms with Gasteiger partial charge in [0.25, 0.3) is 0 Å². The van der Waals surface area contributed by atoms with Crippen LogP contribution in [0.5, 0.6) is 5.75 Å². The lowest BCUT2D eigenvalue weighted by atomic mass is 10.2. The van der Waals surface area contributed by atoms with Crippen molar-refractivity contribution < 1.29 is 9.84 Å². The van der Waals surface area contributed by atoms with Crippen LogP contribution in [0.3, 0.4) is 0 Å². The molecule has 0 spiro atoms. The van der Waals surface area contributed by atoms with Gasteiger partial charge in [0.1, 0.15) is 5.75 Å². The van der Waals surface area contributed by atoms with E-state index < -0.39 is 0 Å². The van der Waals surface area contributed by atoms with Crippen LogP contribution in [-0.2, 0) is 0 Å². The van der Waals surface area contributed by atoms with Gasteiger partial charge in [-0.05, 0) is 19.1 Å². The standard InChI is InChI=1S/C14H22N2O2/c1-12(17)11-15-6-8-16(9-7-15)13-4-3-5-14(10-13)18-2/h3-5,10,12,17H,6-9,11H2,1-2H3/t12-/m0/s1. The van der Waals surface area contributed by atoms with Gasteiger partial charge in [0, 0.05) is 44.5 Å². The number of methoxy groups -OCH3 is 1. The molecule has 1 atom stereocenters. The Labute approximate surface area is 109 Å². The van der Waals surface area contributed by atoms with Crippen LogP contribution in [0.25, 0.3) is 0 Å². The van der Waals surface area contributed by atoms with Crippen molar-refractivity contribution in [3.8, 4) is 5.75 Å². The zero-order chi connectivity index (χ0) is 13.0. The van der Waals surface area contributed by atoms with Crippen LogP contribution in [0.4, 0.5) is 5.69 Å². The molecule has 4 nitrogen and oxygen atoms in total. The van der Waals surface area contributed by atoms with E-state index in [1.807, 2.05) is 19.1 Å². The Morgan fingerprint density at radius 1 is 1.28 bits per heavy atom. The lowest BCUT2D eigenvalue weighted by Gasteiger charge is -2.36. The zero-order valence-corrected chi connectivity index (χ0v) is 11.2. The molecule has 0 radical (unpaired) electrons. The van der Waals surface area contributed by atoms with Crippen molar-refractivity contribution >= 4 is 5.69 Å². The van der Waals surface area contributed by atoms with E-state index in [0.717, 1.165) is 38.5 Å². The highest BCUT2D eigenvalue weighted by atomic mass is 16.5. The predicted molar refractivity (Wildman–Crippen MR) is 73.3 cm³/mol. The molecule has 18 heavy (non-hydrogen) atoms. The molecule has 1 saturated heterocycles. The Kier molecular flexibility index (Phi) is 4.44. The average Bonchev–Trinajstić information content (AvgIpc) is 2.39. The predicted octanol–water partition coefficient (Wildman–Crippen LogP) is 1.20. The normalized spacial score (nSPS) is 18.7. The lowest BCUT2D eigenvalue weighted by Crippen LogP contribution is -2.48. The van der Waals surface area contributed by atoms with E-state index in [-0.39, 0.29) is 6.10 Å². The van der Waals surface area contributed by atoms with Crippen LogP contribution < -0.4 is 9.64 Å². The van der Waals surface area contributed by atoms with E-state index in [1.54, 1.807) is 7.11 Å². The molecule has 2 rings (SSSR count). The van der Waals surface area contributed by atoms with Crippen LogP contribution in [0.1, 0.15) is 6.92 Å². The first-order valence-corrected chi connectivity index (χ1v) is 6.48. The van der Waals surface area contributed by atoms with Gasteiger partial charge in [-0.15, -0.1) is 0 Å². The molecular formula is C14H22N2O2. The van der Waals surface area contributed by atoms with Gasteiger partial charge in [0.2, 0.25) is 0 Å². The minimum absolute atomic E-state index is 0.242. The second kappa shape index (κ2) is 6.07. The van der Waals surface area contributed by atoms with Crippen LogP contribution in [-0.4, -0.2) is 55.9 Å². The molecular weight excluding hydrogens is 228 g/mol. The summed E-state index contributed by atoms with van der Waals surface area (Å²) in [5.74, 6) is 0.902. The largest absolute Gasteiger partial charge is 0.497 e. The third-order valence-corrected chi connectivity index (χ3v) is 3.31. The molecule has 1 N–H and O–H groups in total. The van der Waals surface area contributed by atoms with Crippen molar-refractivity contribution in [1.29, 1.82) is 0 Å². The van der Waals surface area contributed by atoms with Crippen molar-refractivity contribution in [3.63, 3.8) is 0 Å². The van der Waals surface area contributed by atoms with E-state index in [9.17, 15) is 5.11 Å². The Hall–Kier alpha value is -1.26. The quantitative estimate of drug-likeness (QED) is 0.871. The van der Waals surface area contributed by atoms with Crippen molar-refractivity contribution in [2.24, 2.45) is 0 Å². The number of β-amino-alcohol motifs (C(OH)–C–C–N with tert-alkyl or cyclic N) is 1. The summed E-state index contributed by atoms with van der Waals surface area (Å²) in [5, 5.41) is 9.38. The number of anilines is 1. The first kappa shape index (κ1) is 13.2. The number of nitrogens with zero attached hydrogens (tertiary/aromatic N) is 2. The zero-order valence-electron chi connectivity index (χ0n) is 11.2. The third kappa shape index (κ3) is 3.37. The maximum absolute atomic E-state index is 9.38. The highest BCUT2D eigenvalue weighted by Crippen LogP contribution is 2.22. The number of piperazine rings is 1. The molecule has 1 aromatic carbocycles. The Bertz CT molecular complexity index is 374. The molecule has 1 heterocycles. The fraction of sp³-hybridized carbons (Fsp3) is 0.571. The second-order valence-electron chi connectivity index (χ2n) is 4.84. The van der Waals surface area contributed by atoms with Crippen molar-refractivity contribution in [1.82, 2.24) is 4.90 Å². The first-order valence-electron chi connectivity index (χ1n) is 6.48. The molecule has 1 aliphatic heterocycles. The fourth-order valence-corrected chi connectivity index (χ4v) is 2.37. The minimum atomic E-state index is -0.242. The van der Waals surface area contributed by atoms with E-state index in [0.29, 0.717) is 0 Å². The van der Waals surface area contributed by atoms with E-state index >= 15 is 0 Å². The maximum atomic E-state index is 9.38. The van der Waals surface area contributed by atoms with Gasteiger partial charge < -0.3 is 14.7 Å². The van der Waals surface area contributed by atoms with Crippen LogP contribution in [0.15, 0.2) is 24.3 Å². The molecule has 100 valence electrons. The number of hydrogen-bond acceptors (Lipinski definition) is 4. The van der Waals surface area contributed by atoms with Crippen LogP contribution in [0.2, 0.25) is 0 Å². The van der Waals surface area contributed by atoms with Gasteiger partial charge in [-0.25, -0.2) is 0 Å². The second-order valence-corrected chi connectivity index (χ2v) is 4.84. The van der Waals surface area contributed by atoms with Crippen LogP contribution >= 0.6 is 0 Å². The highest BCUT2D eigenvalue weighted by molar-refractivity contribution is 5.51. The molecule has 0 bridgehead atoms. The third-order valence-electron chi connectivity index (χ3n) is 3.31. The van der Waals surface area contributed by atoms with Gasteiger partial charge in [-0.3, -0.25) is 4.90 Å². The number of rotatable bonds is 4. The summed E-state index contributed by atoms with van der Waals surface area (Å²) in [6.45, 7) is 6.62. The van der Waals surface area contributed by atoms with Crippen molar-refractivity contribution in [2.75, 3.05) is 44.7 Å². The van der Waals surface area contributed by atoms with E-state index in [1.165, 1.54) is 5.69 Å².